The van der Waals surface area contributed by atoms with Crippen molar-refractivity contribution in [2.45, 2.75) is 24.1 Å². The zero-order valence-electron chi connectivity index (χ0n) is 11.7. The molecule has 4 heteroatoms. The lowest BCUT2D eigenvalue weighted by Crippen LogP contribution is -2.16. The van der Waals surface area contributed by atoms with Crippen molar-refractivity contribution in [2.24, 2.45) is 29.6 Å². The van der Waals surface area contributed by atoms with Crippen LogP contribution in [0.25, 0.3) is 0 Å². The van der Waals surface area contributed by atoms with Crippen molar-refractivity contribution in [2.75, 3.05) is 13.2 Å². The van der Waals surface area contributed by atoms with Crippen LogP contribution in [0.1, 0.15) is 29.7 Å². The fourth-order valence-electron chi connectivity index (χ4n) is 5.28. The van der Waals surface area contributed by atoms with Crippen LogP contribution < -0.4 is 9.47 Å². The molecule has 2 nitrogen and oxygen atoms in total. The summed E-state index contributed by atoms with van der Waals surface area (Å²) in [5.41, 5.74) is 1.33. The van der Waals surface area contributed by atoms with Gasteiger partial charge < -0.3 is 9.47 Å². The van der Waals surface area contributed by atoms with E-state index in [9.17, 15) is 0 Å². The summed E-state index contributed by atoms with van der Waals surface area (Å²) < 4.78 is 12.6. The van der Waals surface area contributed by atoms with Gasteiger partial charge in [0.25, 0.3) is 0 Å². The molecule has 3 aliphatic carbocycles. The van der Waals surface area contributed by atoms with Crippen molar-refractivity contribution in [1.82, 2.24) is 0 Å². The summed E-state index contributed by atoms with van der Waals surface area (Å²) in [5.74, 6) is 6.59. The first-order valence-electron chi connectivity index (χ1n) is 7.97. The Morgan fingerprint density at radius 1 is 1.00 bits per heavy atom. The minimum absolute atomic E-state index is 0.445. The second kappa shape index (κ2) is 4.64. The number of hydrogen-bond donors (Lipinski definition) is 0. The Labute approximate surface area is 141 Å². The average Bonchev–Trinajstić information content (AvgIpc) is 2.93. The van der Waals surface area contributed by atoms with Crippen LogP contribution in [0.4, 0.5) is 0 Å². The summed E-state index contributed by atoms with van der Waals surface area (Å²) in [6.45, 7) is 1.30. The fourth-order valence-corrected chi connectivity index (χ4v) is 7.24. The summed E-state index contributed by atoms with van der Waals surface area (Å²) in [4.78, 5) is 0.445. The molecule has 0 N–H and O–H groups in total. The van der Waals surface area contributed by atoms with Crippen molar-refractivity contribution in [1.29, 1.82) is 0 Å². The zero-order chi connectivity index (χ0) is 14.1. The van der Waals surface area contributed by atoms with E-state index in [0.717, 1.165) is 45.6 Å². The molecule has 0 aromatic heterocycles. The third kappa shape index (κ3) is 1.87. The molecule has 0 radical (unpaired) electrons. The van der Waals surface area contributed by atoms with Crippen LogP contribution in [0, 0.1) is 29.6 Å². The molecule has 0 saturated heterocycles. The predicted octanol–water partition coefficient (Wildman–Crippen LogP) is 4.95. The first-order valence-corrected chi connectivity index (χ1v) is 9.68. The van der Waals surface area contributed by atoms with Gasteiger partial charge in [0.1, 0.15) is 13.2 Å². The first-order chi connectivity index (χ1) is 10.2. The maximum absolute atomic E-state index is 5.75. The van der Waals surface area contributed by atoms with Crippen LogP contribution >= 0.6 is 31.9 Å². The van der Waals surface area contributed by atoms with E-state index in [0.29, 0.717) is 18.0 Å². The van der Waals surface area contributed by atoms with E-state index in [1.165, 1.54) is 24.8 Å². The van der Waals surface area contributed by atoms with E-state index in [1.54, 1.807) is 0 Å². The Bertz CT molecular complexity index is 587. The van der Waals surface area contributed by atoms with Crippen LogP contribution in [0.5, 0.6) is 11.5 Å². The molecule has 5 atom stereocenters. The summed E-state index contributed by atoms with van der Waals surface area (Å²) in [6.07, 6.45) is 4.46. The predicted molar refractivity (Wildman–Crippen MR) is 88.1 cm³/mol. The molecule has 1 aromatic rings. The highest BCUT2D eigenvalue weighted by Gasteiger charge is 2.66. The first kappa shape index (κ1) is 13.2. The Hall–Kier alpha value is -0.220. The molecular weight excluding hydrogens is 396 g/mol. The van der Waals surface area contributed by atoms with Gasteiger partial charge in [-0.2, -0.15) is 0 Å². The lowest BCUT2D eigenvalue weighted by molar-refractivity contribution is 0.171. The van der Waals surface area contributed by atoms with Crippen LogP contribution in [-0.4, -0.2) is 13.2 Å². The van der Waals surface area contributed by atoms with Gasteiger partial charge in [0.2, 0.25) is 0 Å². The number of alkyl halides is 1. The Balaban J connectivity index is 1.45. The molecule has 5 rings (SSSR count). The van der Waals surface area contributed by atoms with Crippen LogP contribution in [-0.2, 0) is 0 Å². The van der Waals surface area contributed by atoms with E-state index in [1.807, 2.05) is 0 Å². The molecule has 0 spiro atoms. The molecule has 1 aliphatic heterocycles. The summed E-state index contributed by atoms with van der Waals surface area (Å²) in [5, 5.41) is 0. The molecule has 3 saturated carbocycles. The van der Waals surface area contributed by atoms with Crippen LogP contribution in [0.3, 0.4) is 0 Å². The summed E-state index contributed by atoms with van der Waals surface area (Å²) >= 11 is 7.74. The van der Waals surface area contributed by atoms with Crippen molar-refractivity contribution in [3.8, 4) is 11.5 Å². The zero-order valence-corrected chi connectivity index (χ0v) is 14.9. The molecule has 3 fully saturated rings. The van der Waals surface area contributed by atoms with Gasteiger partial charge in [0, 0.05) is 9.30 Å². The molecule has 0 amide bonds. The van der Waals surface area contributed by atoms with Gasteiger partial charge >= 0.3 is 0 Å². The largest absolute Gasteiger partial charge is 0.486 e. The highest BCUT2D eigenvalue weighted by atomic mass is 79.9. The number of halogens is 2. The number of benzene rings is 1. The normalized spacial score (nSPS) is 40.0. The Morgan fingerprint density at radius 2 is 1.62 bits per heavy atom. The van der Waals surface area contributed by atoms with Gasteiger partial charge in [-0.15, -0.1) is 0 Å². The standard InChI is InChI=1S/C17H18Br2O2/c18-11-7-13-12(20-3-4-21-13)6-10(11)17(19)16-14-8-1-2-9(5-8)15(14)16/h6-9,14-17H,1-5H2. The minimum Gasteiger partial charge on any atom is -0.486 e. The van der Waals surface area contributed by atoms with E-state index in [2.05, 4.69) is 44.0 Å². The quantitative estimate of drug-likeness (QED) is 0.638. The van der Waals surface area contributed by atoms with Gasteiger partial charge in [-0.05, 0) is 66.5 Å². The molecule has 2 bridgehead atoms. The molecule has 112 valence electrons. The molecule has 1 heterocycles. The smallest absolute Gasteiger partial charge is 0.162 e. The SMILES string of the molecule is Brc1cc2c(cc1C(Br)C1C3C4CCC(C4)C31)OCCO2. The monoisotopic (exact) mass is 412 g/mol. The highest BCUT2D eigenvalue weighted by Crippen LogP contribution is 2.73. The second-order valence-electron chi connectivity index (χ2n) is 6.98. The maximum atomic E-state index is 5.75. The molecule has 21 heavy (non-hydrogen) atoms. The summed E-state index contributed by atoms with van der Waals surface area (Å²) in [7, 11) is 0. The average molecular weight is 414 g/mol. The number of hydrogen-bond acceptors (Lipinski definition) is 2. The van der Waals surface area contributed by atoms with E-state index in [-0.39, 0.29) is 0 Å². The van der Waals surface area contributed by atoms with Gasteiger partial charge in [-0.1, -0.05) is 31.9 Å². The molecular formula is C17H18Br2O2. The highest BCUT2D eigenvalue weighted by molar-refractivity contribution is 9.11. The van der Waals surface area contributed by atoms with E-state index < -0.39 is 0 Å². The van der Waals surface area contributed by atoms with E-state index >= 15 is 0 Å². The Kier molecular flexibility index (Phi) is 2.92. The summed E-state index contributed by atoms with van der Waals surface area (Å²) in [6, 6.07) is 4.25. The third-order valence-electron chi connectivity index (χ3n) is 6.09. The molecule has 4 aliphatic rings. The molecule has 1 aromatic carbocycles. The van der Waals surface area contributed by atoms with Gasteiger partial charge in [0.15, 0.2) is 11.5 Å². The number of rotatable bonds is 2. The maximum Gasteiger partial charge on any atom is 0.162 e. The Morgan fingerprint density at radius 3 is 2.29 bits per heavy atom. The van der Waals surface area contributed by atoms with E-state index in [4.69, 9.17) is 9.47 Å². The fraction of sp³-hybridized carbons (Fsp3) is 0.647. The molecule has 5 unspecified atom stereocenters. The lowest BCUT2D eigenvalue weighted by Gasteiger charge is -2.22. The third-order valence-corrected chi connectivity index (χ3v) is 7.88. The van der Waals surface area contributed by atoms with Gasteiger partial charge in [0.05, 0.1) is 0 Å². The van der Waals surface area contributed by atoms with Crippen LogP contribution in [0.15, 0.2) is 16.6 Å². The van der Waals surface area contributed by atoms with Gasteiger partial charge in [-0.3, -0.25) is 0 Å². The number of ether oxygens (including phenoxy) is 2. The number of fused-ring (bicyclic) bond motifs is 6. The van der Waals surface area contributed by atoms with Crippen molar-refractivity contribution in [3.05, 3.63) is 22.2 Å². The van der Waals surface area contributed by atoms with Crippen molar-refractivity contribution in [3.63, 3.8) is 0 Å². The second-order valence-corrected chi connectivity index (χ2v) is 8.83. The lowest BCUT2D eigenvalue weighted by atomic mass is 9.97. The van der Waals surface area contributed by atoms with Crippen LogP contribution in [0.2, 0.25) is 0 Å². The van der Waals surface area contributed by atoms with Crippen molar-refractivity contribution >= 4 is 31.9 Å². The van der Waals surface area contributed by atoms with Gasteiger partial charge in [-0.25, -0.2) is 0 Å². The minimum atomic E-state index is 0.445. The van der Waals surface area contributed by atoms with Crippen molar-refractivity contribution < 1.29 is 9.47 Å². The topological polar surface area (TPSA) is 18.5 Å².